The van der Waals surface area contributed by atoms with Gasteiger partial charge in [-0.05, 0) is 55.3 Å². The third-order valence-corrected chi connectivity index (χ3v) is 6.68. The van der Waals surface area contributed by atoms with Crippen molar-refractivity contribution in [2.24, 2.45) is 0 Å². The number of likely N-dealkylation sites (tertiary alicyclic amines) is 1. The van der Waals surface area contributed by atoms with Crippen LogP contribution in [0.4, 0.5) is 0 Å². The monoisotopic (exact) mass is 429 g/mol. The van der Waals surface area contributed by atoms with Gasteiger partial charge in [0.25, 0.3) is 11.1 Å². The quantitative estimate of drug-likeness (QED) is 0.503. The number of nitrogens with zero attached hydrogens (tertiary/aromatic N) is 3. The number of rotatable bonds is 7. The maximum Gasteiger partial charge on any atom is 0.277 e. The second-order valence-electron chi connectivity index (χ2n) is 7.07. The lowest BCUT2D eigenvalue weighted by Gasteiger charge is -2.23. The zero-order valence-electron chi connectivity index (χ0n) is 16.5. The molecule has 152 valence electrons. The van der Waals surface area contributed by atoms with E-state index in [2.05, 4.69) is 21.6 Å². The summed E-state index contributed by atoms with van der Waals surface area (Å²) in [7, 11) is 0. The molecule has 1 fully saturated rings. The predicted octanol–water partition coefficient (Wildman–Crippen LogP) is 4.78. The van der Waals surface area contributed by atoms with Crippen molar-refractivity contribution in [3.05, 3.63) is 57.6 Å². The van der Waals surface area contributed by atoms with Crippen LogP contribution >= 0.6 is 23.1 Å². The smallest absolute Gasteiger partial charge is 0.277 e. The molecule has 2 aromatic heterocycles. The molecule has 1 saturated heterocycles. The van der Waals surface area contributed by atoms with Gasteiger partial charge < -0.3 is 14.1 Å². The molecule has 0 N–H and O–H groups in total. The lowest BCUT2D eigenvalue weighted by atomic mass is 10.1. The normalized spacial score (nSPS) is 16.3. The highest BCUT2D eigenvalue weighted by Gasteiger charge is 2.30. The number of aromatic nitrogens is 2. The van der Waals surface area contributed by atoms with Gasteiger partial charge in [0.05, 0.1) is 11.8 Å². The van der Waals surface area contributed by atoms with E-state index in [1.807, 2.05) is 43.0 Å². The van der Waals surface area contributed by atoms with Gasteiger partial charge in [0, 0.05) is 11.4 Å². The minimum atomic E-state index is 0.109. The first-order chi connectivity index (χ1) is 14.1. The first kappa shape index (κ1) is 20.0. The predicted molar refractivity (Wildman–Crippen MR) is 113 cm³/mol. The lowest BCUT2D eigenvalue weighted by molar-refractivity contribution is -0.129. The van der Waals surface area contributed by atoms with Crippen molar-refractivity contribution in [3.63, 3.8) is 0 Å². The van der Waals surface area contributed by atoms with Gasteiger partial charge in [-0.25, -0.2) is 0 Å². The minimum absolute atomic E-state index is 0.109. The molecule has 1 aromatic carbocycles. The Morgan fingerprint density at radius 2 is 2.24 bits per heavy atom. The fraction of sp³-hybridized carbons (Fsp3) is 0.381. The molecule has 0 radical (unpaired) electrons. The third kappa shape index (κ3) is 4.82. The van der Waals surface area contributed by atoms with Crippen molar-refractivity contribution < 1.29 is 13.9 Å². The molecule has 0 bridgehead atoms. The van der Waals surface area contributed by atoms with Crippen molar-refractivity contribution >= 4 is 29.0 Å². The molecule has 1 amide bonds. The first-order valence-electron chi connectivity index (χ1n) is 9.58. The number of amides is 1. The summed E-state index contributed by atoms with van der Waals surface area (Å²) in [6.45, 7) is 5.03. The molecular weight excluding hydrogens is 406 g/mol. The SMILES string of the molecule is Cc1ccc(C)c(OCc2nnc(SCC(=O)N3CCCC3c3cccs3)o2)c1. The van der Waals surface area contributed by atoms with E-state index >= 15 is 0 Å². The number of carbonyl (C=O) groups is 1. The van der Waals surface area contributed by atoms with Crippen molar-refractivity contribution in [2.45, 2.75) is 44.6 Å². The standard InChI is InChI=1S/C21H23N3O3S2/c1-14-7-8-15(2)17(11-14)26-12-19-22-23-21(27-19)29-13-20(25)24-9-3-5-16(24)18-6-4-10-28-18/h4,6-8,10-11,16H,3,5,9,12-13H2,1-2H3. The number of aryl methyl sites for hydroxylation is 2. The lowest BCUT2D eigenvalue weighted by Crippen LogP contribution is -2.31. The topological polar surface area (TPSA) is 68.5 Å². The average molecular weight is 430 g/mol. The molecule has 0 aliphatic carbocycles. The Balaban J connectivity index is 1.30. The highest BCUT2D eigenvalue weighted by atomic mass is 32.2. The van der Waals surface area contributed by atoms with Crippen LogP contribution in [0.5, 0.6) is 5.75 Å². The third-order valence-electron chi connectivity index (χ3n) is 4.91. The summed E-state index contributed by atoms with van der Waals surface area (Å²) >= 11 is 2.99. The Hall–Kier alpha value is -2.32. The summed E-state index contributed by atoms with van der Waals surface area (Å²) in [5.41, 5.74) is 2.19. The van der Waals surface area contributed by atoms with Crippen LogP contribution in [0.15, 0.2) is 45.4 Å². The summed E-state index contributed by atoms with van der Waals surface area (Å²) in [6.07, 6.45) is 2.07. The Bertz CT molecular complexity index is 971. The van der Waals surface area contributed by atoms with Crippen LogP contribution in [0.2, 0.25) is 0 Å². The van der Waals surface area contributed by atoms with Gasteiger partial charge in [0.15, 0.2) is 6.61 Å². The molecule has 1 atom stereocenters. The first-order valence-corrected chi connectivity index (χ1v) is 11.4. The molecule has 1 aliphatic rings. The molecule has 8 heteroatoms. The summed E-state index contributed by atoms with van der Waals surface area (Å²) in [5, 5.41) is 10.5. The van der Waals surface area contributed by atoms with Crippen LogP contribution in [0.3, 0.4) is 0 Å². The molecule has 0 saturated carbocycles. The number of carbonyl (C=O) groups excluding carboxylic acids is 1. The average Bonchev–Trinajstić information content (AvgIpc) is 3.47. The number of hydrogen-bond acceptors (Lipinski definition) is 7. The molecule has 1 aliphatic heterocycles. The van der Waals surface area contributed by atoms with E-state index in [1.54, 1.807) is 11.3 Å². The van der Waals surface area contributed by atoms with Gasteiger partial charge in [0.1, 0.15) is 5.75 Å². The van der Waals surface area contributed by atoms with E-state index in [9.17, 15) is 4.79 Å². The van der Waals surface area contributed by atoms with E-state index in [0.717, 1.165) is 36.3 Å². The van der Waals surface area contributed by atoms with Gasteiger partial charge in [-0.3, -0.25) is 4.79 Å². The van der Waals surface area contributed by atoms with Gasteiger partial charge in [-0.15, -0.1) is 21.5 Å². The van der Waals surface area contributed by atoms with E-state index in [0.29, 0.717) is 16.9 Å². The molecule has 6 nitrogen and oxygen atoms in total. The van der Waals surface area contributed by atoms with Crippen molar-refractivity contribution in [2.75, 3.05) is 12.3 Å². The Morgan fingerprint density at radius 1 is 1.34 bits per heavy atom. The van der Waals surface area contributed by atoms with E-state index in [-0.39, 0.29) is 18.6 Å². The number of benzene rings is 1. The van der Waals surface area contributed by atoms with Crippen LogP contribution in [0.25, 0.3) is 0 Å². The van der Waals surface area contributed by atoms with Gasteiger partial charge >= 0.3 is 0 Å². The second kappa shape index (κ2) is 9.00. The van der Waals surface area contributed by atoms with Gasteiger partial charge in [0.2, 0.25) is 5.91 Å². The number of thioether (sulfide) groups is 1. The zero-order valence-corrected chi connectivity index (χ0v) is 18.1. The largest absolute Gasteiger partial charge is 0.484 e. The molecule has 3 aromatic rings. The van der Waals surface area contributed by atoms with Crippen LogP contribution in [-0.4, -0.2) is 33.3 Å². The highest BCUT2D eigenvalue weighted by Crippen LogP contribution is 2.35. The molecule has 3 heterocycles. The van der Waals surface area contributed by atoms with Crippen LogP contribution < -0.4 is 4.74 Å². The summed E-state index contributed by atoms with van der Waals surface area (Å²) in [6, 6.07) is 10.4. The second-order valence-corrected chi connectivity index (χ2v) is 8.97. The summed E-state index contributed by atoms with van der Waals surface area (Å²) in [5.74, 6) is 1.61. The van der Waals surface area contributed by atoms with Gasteiger partial charge in [-0.2, -0.15) is 0 Å². The molecule has 4 rings (SSSR count). The zero-order chi connectivity index (χ0) is 20.2. The number of hydrogen-bond donors (Lipinski definition) is 0. The highest BCUT2D eigenvalue weighted by molar-refractivity contribution is 7.99. The molecule has 0 spiro atoms. The minimum Gasteiger partial charge on any atom is -0.484 e. The fourth-order valence-corrected chi connectivity index (χ4v) is 4.95. The fourth-order valence-electron chi connectivity index (χ4n) is 3.41. The van der Waals surface area contributed by atoms with Crippen molar-refractivity contribution in [1.82, 2.24) is 15.1 Å². The molecular formula is C21H23N3O3S2. The number of ether oxygens (including phenoxy) is 1. The van der Waals surface area contributed by atoms with E-state index in [4.69, 9.17) is 9.15 Å². The number of thiophene rings is 1. The van der Waals surface area contributed by atoms with Gasteiger partial charge in [-0.1, -0.05) is 30.0 Å². The van der Waals surface area contributed by atoms with Crippen molar-refractivity contribution in [3.8, 4) is 5.75 Å². The molecule has 1 unspecified atom stereocenters. The Labute approximate surface area is 178 Å². The maximum absolute atomic E-state index is 12.7. The van der Waals surface area contributed by atoms with E-state index < -0.39 is 0 Å². The Morgan fingerprint density at radius 3 is 3.07 bits per heavy atom. The van der Waals surface area contributed by atoms with Crippen LogP contribution in [0.1, 0.15) is 40.8 Å². The summed E-state index contributed by atoms with van der Waals surface area (Å²) < 4.78 is 11.4. The van der Waals surface area contributed by atoms with Crippen molar-refractivity contribution in [1.29, 1.82) is 0 Å². The Kier molecular flexibility index (Phi) is 6.20. The van der Waals surface area contributed by atoms with Crippen LogP contribution in [0, 0.1) is 13.8 Å². The molecule has 29 heavy (non-hydrogen) atoms. The maximum atomic E-state index is 12.7. The summed E-state index contributed by atoms with van der Waals surface area (Å²) in [4.78, 5) is 15.9. The van der Waals surface area contributed by atoms with E-state index in [1.165, 1.54) is 16.6 Å². The van der Waals surface area contributed by atoms with Crippen LogP contribution in [-0.2, 0) is 11.4 Å².